The van der Waals surface area contributed by atoms with Crippen molar-refractivity contribution in [2.75, 3.05) is 40.3 Å². The maximum Gasteiger partial charge on any atom is 0.0195 e. The third-order valence-electron chi connectivity index (χ3n) is 4.18. The lowest BCUT2D eigenvalue weighted by Gasteiger charge is -2.37. The molecule has 2 fully saturated rings. The molecule has 1 unspecified atom stereocenters. The van der Waals surface area contributed by atoms with Gasteiger partial charge in [-0.25, -0.2) is 0 Å². The van der Waals surface area contributed by atoms with E-state index in [4.69, 9.17) is 0 Å². The molecular weight excluding hydrogens is 198 g/mol. The Morgan fingerprint density at radius 3 is 2.44 bits per heavy atom. The van der Waals surface area contributed by atoms with Crippen LogP contribution < -0.4 is 5.32 Å². The Labute approximate surface area is 100 Å². The average molecular weight is 225 g/mol. The number of piperidine rings is 2. The minimum Gasteiger partial charge on any atom is -0.313 e. The van der Waals surface area contributed by atoms with Gasteiger partial charge in [-0.3, -0.25) is 0 Å². The van der Waals surface area contributed by atoms with Gasteiger partial charge in [0.1, 0.15) is 0 Å². The molecule has 94 valence electrons. The molecule has 3 heteroatoms. The largest absolute Gasteiger partial charge is 0.313 e. The van der Waals surface area contributed by atoms with E-state index in [1.807, 2.05) is 0 Å². The van der Waals surface area contributed by atoms with E-state index in [9.17, 15) is 0 Å². The van der Waals surface area contributed by atoms with Gasteiger partial charge in [0, 0.05) is 18.6 Å². The lowest BCUT2D eigenvalue weighted by Crippen LogP contribution is -2.48. The molecule has 16 heavy (non-hydrogen) atoms. The van der Waals surface area contributed by atoms with Crippen LogP contribution in [-0.4, -0.2) is 62.2 Å². The predicted octanol–water partition coefficient (Wildman–Crippen LogP) is 1.15. The molecule has 2 aliphatic heterocycles. The van der Waals surface area contributed by atoms with Crippen LogP contribution in [0.5, 0.6) is 0 Å². The Hall–Kier alpha value is -0.120. The summed E-state index contributed by atoms with van der Waals surface area (Å²) in [7, 11) is 4.42. The zero-order valence-corrected chi connectivity index (χ0v) is 10.9. The molecule has 0 saturated carbocycles. The first kappa shape index (κ1) is 12.3. The van der Waals surface area contributed by atoms with Gasteiger partial charge in [-0.1, -0.05) is 6.42 Å². The summed E-state index contributed by atoms with van der Waals surface area (Å²) >= 11 is 0. The average Bonchev–Trinajstić information content (AvgIpc) is 2.31. The fourth-order valence-electron chi connectivity index (χ4n) is 3.01. The molecule has 0 aliphatic carbocycles. The summed E-state index contributed by atoms with van der Waals surface area (Å²) in [6.45, 7) is 5.10. The normalized spacial score (nSPS) is 29.8. The van der Waals surface area contributed by atoms with E-state index < -0.39 is 0 Å². The van der Waals surface area contributed by atoms with E-state index in [2.05, 4.69) is 29.2 Å². The molecule has 0 amide bonds. The molecule has 0 radical (unpaired) electrons. The van der Waals surface area contributed by atoms with Crippen LogP contribution in [-0.2, 0) is 0 Å². The van der Waals surface area contributed by atoms with Crippen LogP contribution in [0.1, 0.15) is 32.1 Å². The molecule has 2 heterocycles. The van der Waals surface area contributed by atoms with Gasteiger partial charge in [0.05, 0.1) is 0 Å². The smallest absolute Gasteiger partial charge is 0.0195 e. The SMILES string of the molecule is CN(C)C1CCN(CC2CCCCN2)CC1. The van der Waals surface area contributed by atoms with Gasteiger partial charge < -0.3 is 15.1 Å². The van der Waals surface area contributed by atoms with Gasteiger partial charge in [-0.2, -0.15) is 0 Å². The molecule has 3 nitrogen and oxygen atoms in total. The van der Waals surface area contributed by atoms with Gasteiger partial charge in [0.15, 0.2) is 0 Å². The van der Waals surface area contributed by atoms with Crippen molar-refractivity contribution in [2.45, 2.75) is 44.2 Å². The highest BCUT2D eigenvalue weighted by Gasteiger charge is 2.23. The third kappa shape index (κ3) is 3.44. The van der Waals surface area contributed by atoms with Crippen LogP contribution in [0.3, 0.4) is 0 Å². The van der Waals surface area contributed by atoms with E-state index in [1.54, 1.807) is 0 Å². The Kier molecular flexibility index (Phi) is 4.62. The number of nitrogens with zero attached hydrogens (tertiary/aromatic N) is 2. The third-order valence-corrected chi connectivity index (χ3v) is 4.18. The molecule has 0 aromatic rings. The topological polar surface area (TPSA) is 18.5 Å². The minimum absolute atomic E-state index is 0.768. The number of likely N-dealkylation sites (tertiary alicyclic amines) is 1. The highest BCUT2D eigenvalue weighted by Crippen LogP contribution is 2.16. The van der Waals surface area contributed by atoms with Crippen LogP contribution in [0.25, 0.3) is 0 Å². The van der Waals surface area contributed by atoms with Crippen molar-refractivity contribution in [3.05, 3.63) is 0 Å². The van der Waals surface area contributed by atoms with E-state index in [-0.39, 0.29) is 0 Å². The predicted molar refractivity (Wildman–Crippen MR) is 68.8 cm³/mol. The first-order chi connectivity index (χ1) is 7.75. The highest BCUT2D eigenvalue weighted by atomic mass is 15.2. The summed E-state index contributed by atoms with van der Waals surface area (Å²) in [6, 6.07) is 1.58. The Morgan fingerprint density at radius 2 is 1.88 bits per heavy atom. The van der Waals surface area contributed by atoms with Crippen LogP contribution in [0.2, 0.25) is 0 Å². The van der Waals surface area contributed by atoms with Crippen LogP contribution in [0.4, 0.5) is 0 Å². The summed E-state index contributed by atoms with van der Waals surface area (Å²) in [5, 5.41) is 3.65. The summed E-state index contributed by atoms with van der Waals surface area (Å²) in [5.41, 5.74) is 0. The standard InChI is InChI=1S/C13H27N3/c1-15(2)13-6-9-16(10-7-13)11-12-5-3-4-8-14-12/h12-14H,3-11H2,1-2H3. The number of rotatable bonds is 3. The van der Waals surface area contributed by atoms with E-state index in [1.165, 1.54) is 58.3 Å². The van der Waals surface area contributed by atoms with Gasteiger partial charge in [0.2, 0.25) is 0 Å². The maximum atomic E-state index is 3.65. The van der Waals surface area contributed by atoms with Crippen molar-refractivity contribution < 1.29 is 0 Å². The fourth-order valence-corrected chi connectivity index (χ4v) is 3.01. The first-order valence-electron chi connectivity index (χ1n) is 6.88. The van der Waals surface area contributed by atoms with Crippen molar-refractivity contribution in [2.24, 2.45) is 0 Å². The van der Waals surface area contributed by atoms with Gasteiger partial charge in [-0.15, -0.1) is 0 Å². The summed E-state index contributed by atoms with van der Waals surface area (Å²) in [6.07, 6.45) is 6.87. The molecule has 0 spiro atoms. The lowest BCUT2D eigenvalue weighted by molar-refractivity contribution is 0.131. The van der Waals surface area contributed by atoms with Gasteiger partial charge in [0.25, 0.3) is 0 Å². The van der Waals surface area contributed by atoms with Crippen LogP contribution in [0.15, 0.2) is 0 Å². The van der Waals surface area contributed by atoms with Gasteiger partial charge >= 0.3 is 0 Å². The van der Waals surface area contributed by atoms with Crippen molar-refractivity contribution in [1.82, 2.24) is 15.1 Å². The van der Waals surface area contributed by atoms with Crippen LogP contribution >= 0.6 is 0 Å². The molecule has 2 aliphatic rings. The molecule has 0 bridgehead atoms. The zero-order valence-electron chi connectivity index (χ0n) is 10.9. The summed E-state index contributed by atoms with van der Waals surface area (Å²) in [5.74, 6) is 0. The minimum atomic E-state index is 0.768. The van der Waals surface area contributed by atoms with Crippen molar-refractivity contribution in [3.8, 4) is 0 Å². The zero-order chi connectivity index (χ0) is 11.4. The first-order valence-corrected chi connectivity index (χ1v) is 6.88. The molecule has 1 N–H and O–H groups in total. The highest BCUT2D eigenvalue weighted by molar-refractivity contribution is 4.81. The lowest BCUT2D eigenvalue weighted by atomic mass is 10.0. The Bertz CT molecular complexity index is 191. The Morgan fingerprint density at radius 1 is 1.12 bits per heavy atom. The number of hydrogen-bond acceptors (Lipinski definition) is 3. The number of nitrogens with one attached hydrogen (secondary N) is 1. The summed E-state index contributed by atoms with van der Waals surface area (Å²) in [4.78, 5) is 5.04. The second kappa shape index (κ2) is 5.99. The van der Waals surface area contributed by atoms with E-state index >= 15 is 0 Å². The van der Waals surface area contributed by atoms with Crippen molar-refractivity contribution >= 4 is 0 Å². The second-order valence-corrected chi connectivity index (χ2v) is 5.64. The quantitative estimate of drug-likeness (QED) is 0.777. The fraction of sp³-hybridized carbons (Fsp3) is 1.00. The van der Waals surface area contributed by atoms with Crippen LogP contribution in [0, 0.1) is 0 Å². The molecule has 0 aromatic carbocycles. The molecule has 2 saturated heterocycles. The molecule has 1 atom stereocenters. The molecular formula is C13H27N3. The second-order valence-electron chi connectivity index (χ2n) is 5.64. The maximum absolute atomic E-state index is 3.65. The molecule has 2 rings (SSSR count). The summed E-state index contributed by atoms with van der Waals surface area (Å²) < 4.78 is 0. The van der Waals surface area contributed by atoms with E-state index in [0.717, 1.165) is 12.1 Å². The number of hydrogen-bond donors (Lipinski definition) is 1. The van der Waals surface area contributed by atoms with Gasteiger partial charge in [-0.05, 0) is 59.4 Å². The monoisotopic (exact) mass is 225 g/mol. The van der Waals surface area contributed by atoms with E-state index in [0.29, 0.717) is 0 Å². The Balaban J connectivity index is 1.68. The van der Waals surface area contributed by atoms with Crippen molar-refractivity contribution in [3.63, 3.8) is 0 Å². The molecule has 0 aromatic heterocycles. The van der Waals surface area contributed by atoms with Crippen molar-refractivity contribution in [1.29, 1.82) is 0 Å².